The molecule has 24 heavy (non-hydrogen) atoms. The zero-order valence-electron chi connectivity index (χ0n) is 14.2. The molecule has 3 rings (SSSR count). The molecule has 2 aliphatic heterocycles. The van der Waals surface area contributed by atoms with E-state index < -0.39 is 6.67 Å². The van der Waals surface area contributed by atoms with Crippen molar-refractivity contribution < 1.29 is 13.9 Å². The minimum absolute atomic E-state index is 0.0193. The zero-order valence-corrected chi connectivity index (χ0v) is 14.2. The highest BCUT2D eigenvalue weighted by Gasteiger charge is 2.39. The van der Waals surface area contributed by atoms with E-state index in [4.69, 9.17) is 4.74 Å². The third-order valence-corrected chi connectivity index (χ3v) is 4.44. The molecule has 5 nitrogen and oxygen atoms in total. The van der Waals surface area contributed by atoms with Gasteiger partial charge in [-0.1, -0.05) is 25.1 Å². The predicted octanol–water partition coefficient (Wildman–Crippen LogP) is 2.07. The van der Waals surface area contributed by atoms with Crippen LogP contribution in [-0.2, 0) is 4.79 Å². The van der Waals surface area contributed by atoms with E-state index in [1.807, 2.05) is 36.2 Å². The molecule has 1 aromatic rings. The molecule has 0 fully saturated rings. The highest BCUT2D eigenvalue weighted by atomic mass is 19.1. The van der Waals surface area contributed by atoms with Crippen molar-refractivity contribution in [2.75, 3.05) is 40.1 Å². The lowest BCUT2D eigenvalue weighted by atomic mass is 9.97. The molecule has 0 saturated carbocycles. The lowest BCUT2D eigenvalue weighted by Gasteiger charge is -2.35. The number of ether oxygens (including phenoxy) is 1. The maximum atomic E-state index is 12.5. The number of benzene rings is 1. The maximum absolute atomic E-state index is 12.5. The number of likely N-dealkylation sites (N-methyl/N-ethyl adjacent to an activating group) is 1. The average molecular weight is 333 g/mol. The topological polar surface area (TPSA) is 44.8 Å². The number of carbonyl (C=O) groups excluding carboxylic acids is 1. The number of amides is 1. The number of carbonyl (C=O) groups is 1. The van der Waals surface area contributed by atoms with Gasteiger partial charge in [-0.25, -0.2) is 4.39 Å². The van der Waals surface area contributed by atoms with Crippen LogP contribution in [-0.4, -0.2) is 55.8 Å². The van der Waals surface area contributed by atoms with Gasteiger partial charge in [0, 0.05) is 19.2 Å². The third-order valence-electron chi connectivity index (χ3n) is 4.44. The Morgan fingerprint density at radius 2 is 2.17 bits per heavy atom. The van der Waals surface area contributed by atoms with Gasteiger partial charge in [0.25, 0.3) is 5.91 Å². The molecule has 130 valence electrons. The lowest BCUT2D eigenvalue weighted by molar-refractivity contribution is -0.118. The summed E-state index contributed by atoms with van der Waals surface area (Å²) in [7, 11) is 1.95. The van der Waals surface area contributed by atoms with Crippen molar-refractivity contribution in [2.45, 2.75) is 19.4 Å². The van der Waals surface area contributed by atoms with Gasteiger partial charge in [-0.3, -0.25) is 9.69 Å². The summed E-state index contributed by atoms with van der Waals surface area (Å²) in [6, 6.07) is 7.32. The van der Waals surface area contributed by atoms with Gasteiger partial charge in [-0.05, 0) is 24.6 Å². The summed E-state index contributed by atoms with van der Waals surface area (Å²) in [5.41, 5.74) is 2.71. The quantitative estimate of drug-likeness (QED) is 0.866. The van der Waals surface area contributed by atoms with Gasteiger partial charge in [-0.2, -0.15) is 0 Å². The fourth-order valence-corrected chi connectivity index (χ4v) is 3.55. The molecule has 6 heteroatoms. The van der Waals surface area contributed by atoms with Crippen molar-refractivity contribution in [3.05, 3.63) is 41.1 Å². The van der Waals surface area contributed by atoms with Crippen LogP contribution in [0.4, 0.5) is 4.39 Å². The van der Waals surface area contributed by atoms with Crippen LogP contribution in [0, 0.1) is 0 Å². The normalized spacial score (nSPS) is 21.0. The van der Waals surface area contributed by atoms with E-state index in [1.54, 1.807) is 0 Å². The number of hydrogen-bond acceptors (Lipinski definition) is 4. The van der Waals surface area contributed by atoms with Crippen LogP contribution in [0.15, 0.2) is 35.5 Å². The summed E-state index contributed by atoms with van der Waals surface area (Å²) in [6.07, 6.45) is 1.07. The van der Waals surface area contributed by atoms with Crippen molar-refractivity contribution in [2.24, 2.45) is 0 Å². The summed E-state index contributed by atoms with van der Waals surface area (Å²) in [5.74, 6) is 0.582. The number of nitrogens with zero attached hydrogens (tertiary/aromatic N) is 2. The molecule has 1 N–H and O–H groups in total. The molecule has 2 heterocycles. The minimum Gasteiger partial charge on any atom is -0.490 e. The van der Waals surface area contributed by atoms with E-state index in [2.05, 4.69) is 17.1 Å². The highest BCUT2D eigenvalue weighted by Crippen LogP contribution is 2.38. The van der Waals surface area contributed by atoms with E-state index >= 15 is 0 Å². The smallest absolute Gasteiger partial charge is 0.268 e. The number of halogens is 1. The molecule has 0 bridgehead atoms. The van der Waals surface area contributed by atoms with Gasteiger partial charge in [0.15, 0.2) is 0 Å². The second-order valence-electron chi connectivity index (χ2n) is 6.25. The number of nitrogens with one attached hydrogen (secondary N) is 1. The zero-order chi connectivity index (χ0) is 17.1. The Morgan fingerprint density at radius 3 is 2.92 bits per heavy atom. The molecule has 2 aliphatic rings. The van der Waals surface area contributed by atoms with Gasteiger partial charge >= 0.3 is 0 Å². The van der Waals surface area contributed by atoms with Crippen LogP contribution in [0.5, 0.6) is 5.75 Å². The minimum atomic E-state index is -0.535. The Bertz CT molecular complexity index is 647. The molecule has 1 amide bonds. The van der Waals surface area contributed by atoms with E-state index in [9.17, 15) is 9.18 Å². The average Bonchev–Trinajstić information content (AvgIpc) is 2.90. The molecule has 1 atom stereocenters. The Balaban J connectivity index is 1.93. The summed E-state index contributed by atoms with van der Waals surface area (Å²) >= 11 is 0. The number of para-hydroxylation sites is 1. The summed E-state index contributed by atoms with van der Waals surface area (Å²) in [5, 5.41) is 3.07. The van der Waals surface area contributed by atoms with E-state index in [-0.39, 0.29) is 18.6 Å². The largest absolute Gasteiger partial charge is 0.490 e. The molecular formula is C18H24FN3O2. The van der Waals surface area contributed by atoms with Gasteiger partial charge in [-0.15, -0.1) is 0 Å². The van der Waals surface area contributed by atoms with Crippen LogP contribution < -0.4 is 10.1 Å². The first-order valence-corrected chi connectivity index (χ1v) is 8.40. The van der Waals surface area contributed by atoms with Crippen molar-refractivity contribution in [1.29, 1.82) is 0 Å². The molecule has 0 saturated heterocycles. The molecule has 0 radical (unpaired) electrons. The van der Waals surface area contributed by atoms with Gasteiger partial charge in [0.1, 0.15) is 24.7 Å². The second-order valence-corrected chi connectivity index (χ2v) is 6.25. The monoisotopic (exact) mass is 333 g/mol. The van der Waals surface area contributed by atoms with Gasteiger partial charge < -0.3 is 15.0 Å². The summed E-state index contributed by atoms with van der Waals surface area (Å²) in [6.45, 7) is 4.14. The van der Waals surface area contributed by atoms with Gasteiger partial charge in [0.05, 0.1) is 12.7 Å². The van der Waals surface area contributed by atoms with Crippen molar-refractivity contribution in [1.82, 2.24) is 15.1 Å². The first-order chi connectivity index (χ1) is 11.7. The molecular weight excluding hydrogens is 309 g/mol. The van der Waals surface area contributed by atoms with Gasteiger partial charge in [0.2, 0.25) is 0 Å². The summed E-state index contributed by atoms with van der Waals surface area (Å²) < 4.78 is 18.0. The highest BCUT2D eigenvalue weighted by molar-refractivity contribution is 5.97. The Labute approximate surface area is 142 Å². The SMILES string of the molecule is CCCN1CC2=C(C(=O)NC2c2ccccc2OCCF)N(C)C1. The molecule has 0 spiro atoms. The molecule has 1 aromatic carbocycles. The predicted molar refractivity (Wildman–Crippen MR) is 90.3 cm³/mol. The van der Waals surface area contributed by atoms with E-state index in [0.717, 1.165) is 43.0 Å². The number of rotatable bonds is 6. The van der Waals surface area contributed by atoms with Crippen LogP contribution in [0.3, 0.4) is 0 Å². The first-order valence-electron chi connectivity index (χ1n) is 8.40. The Morgan fingerprint density at radius 1 is 1.38 bits per heavy atom. The van der Waals surface area contributed by atoms with Crippen LogP contribution in [0.1, 0.15) is 24.9 Å². The van der Waals surface area contributed by atoms with Crippen molar-refractivity contribution >= 4 is 5.91 Å². The molecule has 0 aromatic heterocycles. The Kier molecular flexibility index (Phi) is 5.04. The fourth-order valence-electron chi connectivity index (χ4n) is 3.55. The standard InChI is InChI=1S/C18H24FN3O2/c1-3-9-22-11-14-16(20-18(23)17(14)21(2)12-22)13-6-4-5-7-15(13)24-10-8-19/h4-7,16H,3,8-12H2,1-2H3,(H,20,23). The number of hydrogen-bond donors (Lipinski definition) is 1. The van der Waals surface area contributed by atoms with Crippen LogP contribution in [0.25, 0.3) is 0 Å². The third kappa shape index (κ3) is 3.11. The van der Waals surface area contributed by atoms with Crippen LogP contribution >= 0.6 is 0 Å². The first kappa shape index (κ1) is 16.8. The van der Waals surface area contributed by atoms with Crippen molar-refractivity contribution in [3.8, 4) is 5.75 Å². The van der Waals surface area contributed by atoms with Crippen LogP contribution in [0.2, 0.25) is 0 Å². The van der Waals surface area contributed by atoms with E-state index in [0.29, 0.717) is 5.75 Å². The maximum Gasteiger partial charge on any atom is 0.268 e. The Hall–Kier alpha value is -2.08. The van der Waals surface area contributed by atoms with E-state index in [1.165, 1.54) is 0 Å². The molecule has 0 aliphatic carbocycles. The number of alkyl halides is 1. The summed E-state index contributed by atoms with van der Waals surface area (Å²) in [4.78, 5) is 16.8. The van der Waals surface area contributed by atoms with Crippen molar-refractivity contribution in [3.63, 3.8) is 0 Å². The molecule has 1 unspecified atom stereocenters. The fraction of sp³-hybridized carbons (Fsp3) is 0.500. The second kappa shape index (κ2) is 7.21. The lowest BCUT2D eigenvalue weighted by Crippen LogP contribution is -2.43.